The van der Waals surface area contributed by atoms with E-state index in [1.54, 1.807) is 0 Å². The molecule has 2 fully saturated rings. The SMILES string of the molecule is COC1c2c(c(=O)[nH]c(=O)n2C2CC2)C(C)=C(F)C1N1CC(CN)C(C(F)(F)F)C1. The van der Waals surface area contributed by atoms with E-state index in [-0.39, 0.29) is 36.0 Å². The largest absolute Gasteiger partial charge is 0.393 e. The molecule has 166 valence electrons. The van der Waals surface area contributed by atoms with Gasteiger partial charge in [-0.05, 0) is 37.8 Å². The molecule has 3 N–H and O–H groups in total. The fourth-order valence-electron chi connectivity index (χ4n) is 4.86. The second-order valence-corrected chi connectivity index (χ2v) is 8.29. The van der Waals surface area contributed by atoms with Crippen molar-refractivity contribution in [2.45, 2.75) is 44.1 Å². The average Bonchev–Trinajstić information content (AvgIpc) is 3.40. The standard InChI is InChI=1S/C19H24F4N4O3/c1-8-12-14(27(10-3-4-10)18(29)25-17(12)28)16(30-2)15(13(8)20)26-6-9(5-24)11(7-26)19(21,22)23/h9-11,15-16H,3-7,24H2,1-2H3,(H,25,28,29). The monoisotopic (exact) mass is 432 g/mol. The number of ether oxygens (including phenoxy) is 1. The fraction of sp³-hybridized carbons (Fsp3) is 0.684. The Morgan fingerprint density at radius 2 is 1.90 bits per heavy atom. The molecule has 1 saturated carbocycles. The van der Waals surface area contributed by atoms with Gasteiger partial charge in [-0.2, -0.15) is 13.2 Å². The summed E-state index contributed by atoms with van der Waals surface area (Å²) in [4.78, 5) is 28.6. The van der Waals surface area contributed by atoms with Gasteiger partial charge in [-0.25, -0.2) is 9.18 Å². The lowest BCUT2D eigenvalue weighted by molar-refractivity contribution is -0.180. The highest BCUT2D eigenvalue weighted by Crippen LogP contribution is 2.47. The van der Waals surface area contributed by atoms with E-state index in [1.807, 2.05) is 0 Å². The van der Waals surface area contributed by atoms with E-state index in [0.29, 0.717) is 0 Å². The lowest BCUT2D eigenvalue weighted by Crippen LogP contribution is -2.47. The number of nitrogens with zero attached hydrogens (tertiary/aromatic N) is 2. The van der Waals surface area contributed by atoms with Crippen molar-refractivity contribution < 1.29 is 22.3 Å². The Hall–Kier alpha value is -1.98. The van der Waals surface area contributed by atoms with Gasteiger partial charge in [0.05, 0.1) is 23.2 Å². The predicted octanol–water partition coefficient (Wildman–Crippen LogP) is 1.71. The van der Waals surface area contributed by atoms with Crippen molar-refractivity contribution in [3.8, 4) is 0 Å². The van der Waals surface area contributed by atoms with Gasteiger partial charge in [-0.15, -0.1) is 0 Å². The van der Waals surface area contributed by atoms with Crippen molar-refractivity contribution in [2.75, 3.05) is 26.7 Å². The summed E-state index contributed by atoms with van der Waals surface area (Å²) in [5, 5.41) is 0. The third-order valence-electron chi connectivity index (χ3n) is 6.48. The minimum absolute atomic E-state index is 0.0127. The maximum atomic E-state index is 15.5. The number of hydrogen-bond acceptors (Lipinski definition) is 5. The van der Waals surface area contributed by atoms with Crippen LogP contribution in [0.5, 0.6) is 0 Å². The van der Waals surface area contributed by atoms with E-state index in [9.17, 15) is 22.8 Å². The summed E-state index contributed by atoms with van der Waals surface area (Å²) in [6.07, 6.45) is -4.11. The molecular weight excluding hydrogens is 408 g/mol. The number of alkyl halides is 3. The number of methoxy groups -OCH3 is 1. The molecule has 3 aliphatic rings. The van der Waals surface area contributed by atoms with Gasteiger partial charge in [0.2, 0.25) is 0 Å². The third-order valence-corrected chi connectivity index (χ3v) is 6.48. The van der Waals surface area contributed by atoms with Crippen LogP contribution < -0.4 is 17.0 Å². The Morgan fingerprint density at radius 1 is 1.23 bits per heavy atom. The summed E-state index contributed by atoms with van der Waals surface area (Å²) in [6.45, 7) is 0.737. The van der Waals surface area contributed by atoms with Crippen LogP contribution in [0.1, 0.15) is 43.2 Å². The second kappa shape index (κ2) is 7.31. The third kappa shape index (κ3) is 3.23. The highest BCUT2D eigenvalue weighted by atomic mass is 19.4. The molecule has 0 bridgehead atoms. The van der Waals surface area contributed by atoms with Gasteiger partial charge in [-0.1, -0.05) is 0 Å². The molecule has 1 aromatic heterocycles. The summed E-state index contributed by atoms with van der Waals surface area (Å²) in [5.41, 5.74) is 4.49. The molecule has 4 rings (SSSR count). The van der Waals surface area contributed by atoms with Crippen molar-refractivity contribution in [3.05, 3.63) is 37.9 Å². The van der Waals surface area contributed by atoms with Gasteiger partial charge in [-0.3, -0.25) is 19.2 Å². The number of likely N-dealkylation sites (tertiary alicyclic amines) is 1. The maximum Gasteiger partial charge on any atom is 0.393 e. The number of allylic oxidation sites excluding steroid dienone is 1. The average molecular weight is 432 g/mol. The van der Waals surface area contributed by atoms with Crippen LogP contribution in [0.25, 0.3) is 5.57 Å². The normalized spacial score (nSPS) is 30.1. The van der Waals surface area contributed by atoms with Crippen molar-refractivity contribution >= 4 is 5.57 Å². The Morgan fingerprint density at radius 3 is 2.40 bits per heavy atom. The van der Waals surface area contributed by atoms with Crippen LogP contribution in [0.2, 0.25) is 0 Å². The molecule has 0 aromatic carbocycles. The van der Waals surface area contributed by atoms with E-state index in [0.717, 1.165) is 12.8 Å². The number of hydrogen-bond donors (Lipinski definition) is 2. The molecule has 0 radical (unpaired) electrons. The zero-order valence-corrected chi connectivity index (χ0v) is 16.6. The first-order chi connectivity index (χ1) is 14.1. The molecule has 2 aliphatic carbocycles. The molecule has 11 heteroatoms. The predicted molar refractivity (Wildman–Crippen MR) is 100 cm³/mol. The number of fused-ring (bicyclic) bond motifs is 1. The lowest BCUT2D eigenvalue weighted by atomic mass is 9.88. The van der Waals surface area contributed by atoms with Crippen molar-refractivity contribution in [3.63, 3.8) is 0 Å². The molecule has 1 aliphatic heterocycles. The van der Waals surface area contributed by atoms with E-state index >= 15 is 4.39 Å². The summed E-state index contributed by atoms with van der Waals surface area (Å²) >= 11 is 0. The molecule has 0 spiro atoms. The molecule has 4 atom stereocenters. The number of rotatable bonds is 4. The lowest BCUT2D eigenvalue weighted by Gasteiger charge is -2.38. The molecule has 2 heterocycles. The molecule has 1 saturated heterocycles. The first-order valence-corrected chi connectivity index (χ1v) is 9.89. The van der Waals surface area contributed by atoms with Gasteiger partial charge in [0.1, 0.15) is 11.9 Å². The molecular formula is C19H24F4N4O3. The minimum Gasteiger partial charge on any atom is -0.373 e. The Labute approximate surface area is 169 Å². The van der Waals surface area contributed by atoms with E-state index in [4.69, 9.17) is 10.5 Å². The number of aromatic amines is 1. The van der Waals surface area contributed by atoms with Crippen molar-refractivity contribution in [1.29, 1.82) is 0 Å². The van der Waals surface area contributed by atoms with Gasteiger partial charge in [0, 0.05) is 26.2 Å². The van der Waals surface area contributed by atoms with E-state index < -0.39 is 53.8 Å². The summed E-state index contributed by atoms with van der Waals surface area (Å²) in [6, 6.07) is -1.32. The van der Waals surface area contributed by atoms with Gasteiger partial charge in [0.15, 0.2) is 0 Å². The van der Waals surface area contributed by atoms with Crippen molar-refractivity contribution in [1.82, 2.24) is 14.5 Å². The molecule has 0 amide bonds. The maximum absolute atomic E-state index is 15.5. The summed E-state index contributed by atoms with van der Waals surface area (Å²) in [5.74, 6) is -3.28. The number of nitrogens with one attached hydrogen (secondary N) is 1. The molecule has 1 aromatic rings. The number of nitrogens with two attached hydrogens (primary N) is 1. The van der Waals surface area contributed by atoms with Crippen LogP contribution in [0.15, 0.2) is 15.4 Å². The fourth-order valence-corrected chi connectivity index (χ4v) is 4.86. The first kappa shape index (κ1) is 21.3. The first-order valence-electron chi connectivity index (χ1n) is 9.89. The number of H-pyrrole nitrogens is 1. The summed E-state index contributed by atoms with van der Waals surface area (Å²) < 4.78 is 63.0. The van der Waals surface area contributed by atoms with Crippen LogP contribution >= 0.6 is 0 Å². The Kier molecular flexibility index (Phi) is 5.18. The molecule has 7 nitrogen and oxygen atoms in total. The van der Waals surface area contributed by atoms with E-state index in [1.165, 1.54) is 23.5 Å². The highest BCUT2D eigenvalue weighted by Gasteiger charge is 2.53. The second-order valence-electron chi connectivity index (χ2n) is 8.29. The van der Waals surface area contributed by atoms with E-state index in [2.05, 4.69) is 4.98 Å². The van der Waals surface area contributed by atoms with Crippen LogP contribution in [0.3, 0.4) is 0 Å². The smallest absolute Gasteiger partial charge is 0.373 e. The zero-order valence-electron chi connectivity index (χ0n) is 16.6. The Balaban J connectivity index is 1.85. The van der Waals surface area contributed by atoms with Gasteiger partial charge < -0.3 is 10.5 Å². The van der Waals surface area contributed by atoms with Crippen LogP contribution in [0.4, 0.5) is 17.6 Å². The molecule has 4 unspecified atom stereocenters. The zero-order chi connectivity index (χ0) is 22.0. The van der Waals surface area contributed by atoms with Gasteiger partial charge >= 0.3 is 11.9 Å². The quantitative estimate of drug-likeness (QED) is 0.707. The van der Waals surface area contributed by atoms with Crippen LogP contribution in [0, 0.1) is 11.8 Å². The summed E-state index contributed by atoms with van der Waals surface area (Å²) in [7, 11) is 1.30. The molecule has 30 heavy (non-hydrogen) atoms. The van der Waals surface area contributed by atoms with Crippen LogP contribution in [-0.4, -0.2) is 53.4 Å². The van der Waals surface area contributed by atoms with Crippen LogP contribution in [-0.2, 0) is 4.74 Å². The number of halogens is 4. The highest BCUT2D eigenvalue weighted by molar-refractivity contribution is 5.70. The van der Waals surface area contributed by atoms with Crippen molar-refractivity contribution in [2.24, 2.45) is 17.6 Å². The topological polar surface area (TPSA) is 93.3 Å². The van der Waals surface area contributed by atoms with Gasteiger partial charge in [0.25, 0.3) is 5.56 Å². The Bertz CT molecular complexity index is 995. The number of aromatic nitrogens is 2. The minimum atomic E-state index is -4.46.